The van der Waals surface area contributed by atoms with E-state index in [1.165, 1.54) is 11.8 Å². The molecule has 0 unspecified atom stereocenters. The second-order valence-corrected chi connectivity index (χ2v) is 6.10. The minimum atomic E-state index is -0.420. The lowest BCUT2D eigenvalue weighted by Crippen LogP contribution is -2.22. The Kier molecular flexibility index (Phi) is 4.42. The van der Waals surface area contributed by atoms with E-state index in [-0.39, 0.29) is 5.91 Å². The number of hydrogen-bond acceptors (Lipinski definition) is 7. The Hall–Kier alpha value is -2.61. The first-order valence-electron chi connectivity index (χ1n) is 6.91. The van der Waals surface area contributed by atoms with Crippen LogP contribution in [0.4, 0.5) is 5.82 Å². The smallest absolute Gasteiger partial charge is 0.277 e. The van der Waals surface area contributed by atoms with Crippen LogP contribution in [0.2, 0.25) is 0 Å². The Bertz CT molecular complexity index is 800. The van der Waals surface area contributed by atoms with Gasteiger partial charge >= 0.3 is 0 Å². The summed E-state index contributed by atoms with van der Waals surface area (Å²) < 4.78 is 10.5. The summed E-state index contributed by atoms with van der Waals surface area (Å²) >= 11 is 1.18. The fourth-order valence-electron chi connectivity index (χ4n) is 1.81. The highest BCUT2D eigenvalue weighted by Gasteiger charge is 2.19. The van der Waals surface area contributed by atoms with Gasteiger partial charge in [0.05, 0.1) is 5.25 Å². The highest BCUT2D eigenvalue weighted by Crippen LogP contribution is 2.26. The Morgan fingerprint density at radius 2 is 2.04 bits per heavy atom. The highest BCUT2D eigenvalue weighted by molar-refractivity contribution is 8.00. The summed E-state index contributed by atoms with van der Waals surface area (Å²) in [6.07, 6.45) is 0. The second-order valence-electron chi connectivity index (χ2n) is 4.81. The van der Waals surface area contributed by atoms with Crippen LogP contribution in [0.25, 0.3) is 11.5 Å². The maximum absolute atomic E-state index is 12.1. The number of nitrogens with zero attached hydrogens (tertiary/aromatic N) is 3. The molecule has 0 saturated heterocycles. The molecule has 0 spiro atoms. The molecule has 0 bridgehead atoms. The lowest BCUT2D eigenvalue weighted by Gasteiger charge is -2.06. The van der Waals surface area contributed by atoms with Crippen molar-refractivity contribution < 1.29 is 13.7 Å². The van der Waals surface area contributed by atoms with Crippen LogP contribution in [-0.4, -0.2) is 26.5 Å². The normalized spacial score (nSPS) is 12.1. The first kappa shape index (κ1) is 15.3. The van der Waals surface area contributed by atoms with Crippen molar-refractivity contribution >= 4 is 23.5 Å². The number of aromatic nitrogens is 3. The van der Waals surface area contributed by atoms with Gasteiger partial charge in [-0.1, -0.05) is 35.1 Å². The summed E-state index contributed by atoms with van der Waals surface area (Å²) in [5, 5.41) is 14.3. The number of carbonyl (C=O) groups excluding carboxylic acids is 1. The van der Waals surface area contributed by atoms with Gasteiger partial charge in [-0.3, -0.25) is 4.79 Å². The van der Waals surface area contributed by atoms with Crippen molar-refractivity contribution in [3.63, 3.8) is 0 Å². The molecule has 0 aliphatic carbocycles. The zero-order valence-electron chi connectivity index (χ0n) is 12.5. The topological polar surface area (TPSA) is 94.1 Å². The quantitative estimate of drug-likeness (QED) is 0.718. The number of carbonyl (C=O) groups is 1. The predicted octanol–water partition coefficient (Wildman–Crippen LogP) is 3.15. The van der Waals surface area contributed by atoms with E-state index in [9.17, 15) is 4.79 Å². The fourth-order valence-corrected chi connectivity index (χ4v) is 2.50. The van der Waals surface area contributed by atoms with Gasteiger partial charge in [0.2, 0.25) is 11.8 Å². The number of benzene rings is 1. The molecule has 23 heavy (non-hydrogen) atoms. The summed E-state index contributed by atoms with van der Waals surface area (Å²) in [5.74, 6) is 1.22. The molecule has 3 rings (SSSR count). The van der Waals surface area contributed by atoms with Gasteiger partial charge < -0.3 is 14.3 Å². The Balaban J connectivity index is 1.62. The van der Waals surface area contributed by atoms with Crippen LogP contribution < -0.4 is 5.32 Å². The fraction of sp³-hybridized carbons (Fsp3) is 0.200. The van der Waals surface area contributed by atoms with E-state index in [1.54, 1.807) is 19.9 Å². The number of nitrogens with one attached hydrogen (secondary N) is 1. The maximum Gasteiger partial charge on any atom is 0.277 e. The van der Waals surface area contributed by atoms with Crippen LogP contribution in [0.5, 0.6) is 0 Å². The first-order valence-corrected chi connectivity index (χ1v) is 7.79. The van der Waals surface area contributed by atoms with E-state index in [1.807, 2.05) is 30.3 Å². The van der Waals surface area contributed by atoms with Crippen LogP contribution in [0.15, 0.2) is 50.6 Å². The molecule has 0 aliphatic rings. The molecule has 8 heteroatoms. The lowest BCUT2D eigenvalue weighted by molar-refractivity contribution is -0.115. The molecule has 0 aliphatic heterocycles. The highest BCUT2D eigenvalue weighted by atomic mass is 32.2. The zero-order valence-corrected chi connectivity index (χ0v) is 13.3. The van der Waals surface area contributed by atoms with E-state index < -0.39 is 5.25 Å². The van der Waals surface area contributed by atoms with Gasteiger partial charge in [-0.15, -0.1) is 10.2 Å². The van der Waals surface area contributed by atoms with Gasteiger partial charge in [0, 0.05) is 11.6 Å². The summed E-state index contributed by atoms with van der Waals surface area (Å²) in [6, 6.07) is 11.1. The average Bonchev–Trinajstić information content (AvgIpc) is 3.17. The van der Waals surface area contributed by atoms with Crippen molar-refractivity contribution in [2.45, 2.75) is 24.3 Å². The van der Waals surface area contributed by atoms with Crippen LogP contribution in [-0.2, 0) is 4.79 Å². The number of rotatable bonds is 5. The molecule has 0 radical (unpaired) electrons. The number of aryl methyl sites for hydroxylation is 1. The van der Waals surface area contributed by atoms with E-state index in [0.717, 1.165) is 5.56 Å². The third-order valence-electron chi connectivity index (χ3n) is 2.95. The minimum Gasteiger partial charge on any atom is -0.411 e. The molecular formula is C15H14N4O3S. The number of hydrogen-bond donors (Lipinski definition) is 1. The number of amides is 1. The molecule has 2 aromatic heterocycles. The van der Waals surface area contributed by atoms with Crippen LogP contribution in [0, 0.1) is 6.92 Å². The maximum atomic E-state index is 12.1. The molecule has 1 amide bonds. The third-order valence-corrected chi connectivity index (χ3v) is 3.89. The SMILES string of the molecule is Cc1cc(NC(=O)[C@H](C)Sc2nnc(-c3ccccc3)o2)no1. The van der Waals surface area contributed by atoms with Crippen molar-refractivity contribution in [2.24, 2.45) is 0 Å². The molecular weight excluding hydrogens is 316 g/mol. The molecule has 1 N–H and O–H groups in total. The molecule has 0 fully saturated rings. The summed E-state index contributed by atoms with van der Waals surface area (Å²) in [4.78, 5) is 12.1. The molecule has 3 aromatic rings. The van der Waals surface area contributed by atoms with Gasteiger partial charge in [-0.2, -0.15) is 0 Å². The summed E-state index contributed by atoms with van der Waals surface area (Å²) in [7, 11) is 0. The van der Waals surface area contributed by atoms with Crippen molar-refractivity contribution in [3.05, 3.63) is 42.2 Å². The summed E-state index contributed by atoms with van der Waals surface area (Å²) in [5.41, 5.74) is 0.835. The monoisotopic (exact) mass is 330 g/mol. The van der Waals surface area contributed by atoms with E-state index >= 15 is 0 Å². The molecule has 118 valence electrons. The Labute approximate surface area is 136 Å². The van der Waals surface area contributed by atoms with Gasteiger partial charge in [0.25, 0.3) is 5.22 Å². The molecule has 1 aromatic carbocycles. The second kappa shape index (κ2) is 6.66. The standard InChI is InChI=1S/C15H14N4O3S/c1-9-8-12(19-22-9)16-13(20)10(2)23-15-18-17-14(21-15)11-6-4-3-5-7-11/h3-8,10H,1-2H3,(H,16,19,20)/t10-/m0/s1. The lowest BCUT2D eigenvalue weighted by atomic mass is 10.2. The van der Waals surface area contributed by atoms with E-state index in [4.69, 9.17) is 8.94 Å². The van der Waals surface area contributed by atoms with Crippen LogP contribution in [0.1, 0.15) is 12.7 Å². The van der Waals surface area contributed by atoms with Gasteiger partial charge in [0.15, 0.2) is 5.82 Å². The average molecular weight is 330 g/mol. The third kappa shape index (κ3) is 3.78. The van der Waals surface area contributed by atoms with Crippen molar-refractivity contribution in [2.75, 3.05) is 5.32 Å². The van der Waals surface area contributed by atoms with Gasteiger partial charge in [-0.25, -0.2) is 0 Å². The first-order chi connectivity index (χ1) is 11.1. The van der Waals surface area contributed by atoms with Gasteiger partial charge in [0.1, 0.15) is 5.76 Å². The van der Waals surface area contributed by atoms with Crippen LogP contribution in [0.3, 0.4) is 0 Å². The van der Waals surface area contributed by atoms with E-state index in [2.05, 4.69) is 20.7 Å². The molecule has 1 atom stereocenters. The van der Waals surface area contributed by atoms with Crippen LogP contribution >= 0.6 is 11.8 Å². The Morgan fingerprint density at radius 1 is 1.26 bits per heavy atom. The van der Waals surface area contributed by atoms with Crippen molar-refractivity contribution in [3.8, 4) is 11.5 Å². The zero-order chi connectivity index (χ0) is 16.2. The molecule has 7 nitrogen and oxygen atoms in total. The van der Waals surface area contributed by atoms with Crippen molar-refractivity contribution in [1.29, 1.82) is 0 Å². The predicted molar refractivity (Wildman–Crippen MR) is 84.9 cm³/mol. The minimum absolute atomic E-state index is 0.220. The molecule has 2 heterocycles. The number of thioether (sulfide) groups is 1. The number of anilines is 1. The largest absolute Gasteiger partial charge is 0.411 e. The van der Waals surface area contributed by atoms with Crippen molar-refractivity contribution in [1.82, 2.24) is 15.4 Å². The van der Waals surface area contributed by atoms with Gasteiger partial charge in [-0.05, 0) is 26.0 Å². The summed E-state index contributed by atoms with van der Waals surface area (Å²) in [6.45, 7) is 3.50. The molecule has 0 saturated carbocycles. The Morgan fingerprint density at radius 3 is 2.74 bits per heavy atom. The van der Waals surface area contributed by atoms with E-state index in [0.29, 0.717) is 22.7 Å².